The fourth-order valence-electron chi connectivity index (χ4n) is 1.95. The first kappa shape index (κ1) is 14.3. The number of carboxylic acid groups (broad SMARTS) is 1. The van der Waals surface area contributed by atoms with Crippen molar-refractivity contribution in [3.63, 3.8) is 0 Å². The highest BCUT2D eigenvalue weighted by Crippen LogP contribution is 2.26. The molecule has 18 heavy (non-hydrogen) atoms. The number of anilines is 1. The van der Waals surface area contributed by atoms with Gasteiger partial charge < -0.3 is 10.0 Å². The van der Waals surface area contributed by atoms with E-state index in [2.05, 4.69) is 32.3 Å². The summed E-state index contributed by atoms with van der Waals surface area (Å²) in [5, 5.41) is 9.03. The summed E-state index contributed by atoms with van der Waals surface area (Å²) in [7, 11) is 0. The molecule has 3 heteroatoms. The molecule has 0 spiro atoms. The third-order valence-electron chi connectivity index (χ3n) is 2.87. The Morgan fingerprint density at radius 3 is 2.44 bits per heavy atom. The fraction of sp³-hybridized carbons (Fsp3) is 0.400. The molecule has 0 bridgehead atoms. The van der Waals surface area contributed by atoms with Crippen LogP contribution in [0.3, 0.4) is 0 Å². The monoisotopic (exact) mass is 247 g/mol. The van der Waals surface area contributed by atoms with Gasteiger partial charge in [0.25, 0.3) is 0 Å². The van der Waals surface area contributed by atoms with Crippen LogP contribution in [-0.4, -0.2) is 23.2 Å². The quantitative estimate of drug-likeness (QED) is 0.828. The molecular formula is C15H21NO2. The summed E-state index contributed by atoms with van der Waals surface area (Å²) in [5.41, 5.74) is 2.11. The van der Waals surface area contributed by atoms with E-state index in [9.17, 15) is 4.79 Å². The maximum atomic E-state index is 11.0. The summed E-state index contributed by atoms with van der Waals surface area (Å²) < 4.78 is 0. The first-order chi connectivity index (χ1) is 8.27. The standard InChI is InChI=1S/C15H21NO2/c1-6-9-16(15(3,4)5)12-7-8-13(14(17)18)11(2)10-12/h6-8,10H,1,9H2,2-5H3,(H,17,18). The Bertz CT molecular complexity index is 458. The molecule has 0 amide bonds. The van der Waals surface area contributed by atoms with Gasteiger partial charge in [-0.2, -0.15) is 0 Å². The predicted molar refractivity (Wildman–Crippen MR) is 75.4 cm³/mol. The lowest BCUT2D eigenvalue weighted by atomic mass is 10.0. The number of benzene rings is 1. The molecule has 0 heterocycles. The van der Waals surface area contributed by atoms with Gasteiger partial charge in [0.05, 0.1) is 5.56 Å². The molecule has 0 atom stereocenters. The molecule has 3 nitrogen and oxygen atoms in total. The predicted octanol–water partition coefficient (Wildman–Crippen LogP) is 3.48. The highest BCUT2D eigenvalue weighted by Gasteiger charge is 2.21. The third-order valence-corrected chi connectivity index (χ3v) is 2.87. The number of carbonyl (C=O) groups is 1. The SMILES string of the molecule is C=CCN(c1ccc(C(=O)O)c(C)c1)C(C)(C)C. The molecule has 0 fully saturated rings. The molecule has 0 unspecified atom stereocenters. The van der Waals surface area contributed by atoms with Gasteiger partial charge in [-0.1, -0.05) is 6.08 Å². The van der Waals surface area contributed by atoms with Gasteiger partial charge in [0.15, 0.2) is 0 Å². The number of aromatic carboxylic acids is 1. The zero-order valence-electron chi connectivity index (χ0n) is 11.5. The van der Waals surface area contributed by atoms with Gasteiger partial charge in [-0.05, 0) is 51.5 Å². The molecular weight excluding hydrogens is 226 g/mol. The van der Waals surface area contributed by atoms with Crippen LogP contribution in [0, 0.1) is 6.92 Å². The molecule has 0 aliphatic carbocycles. The highest BCUT2D eigenvalue weighted by atomic mass is 16.4. The van der Waals surface area contributed by atoms with Crippen LogP contribution in [0.2, 0.25) is 0 Å². The van der Waals surface area contributed by atoms with E-state index in [0.717, 1.165) is 17.8 Å². The molecule has 0 saturated carbocycles. The Morgan fingerprint density at radius 2 is 2.06 bits per heavy atom. The summed E-state index contributed by atoms with van der Waals surface area (Å²) in [5.74, 6) is -0.884. The minimum Gasteiger partial charge on any atom is -0.478 e. The molecule has 0 aliphatic heterocycles. The normalized spacial score (nSPS) is 11.1. The van der Waals surface area contributed by atoms with Gasteiger partial charge in [-0.25, -0.2) is 4.79 Å². The van der Waals surface area contributed by atoms with E-state index in [-0.39, 0.29) is 5.54 Å². The highest BCUT2D eigenvalue weighted by molar-refractivity contribution is 5.90. The van der Waals surface area contributed by atoms with Crippen molar-refractivity contribution >= 4 is 11.7 Å². The van der Waals surface area contributed by atoms with Crippen LogP contribution in [0.1, 0.15) is 36.7 Å². The van der Waals surface area contributed by atoms with E-state index < -0.39 is 5.97 Å². The second kappa shape index (κ2) is 5.25. The Labute approximate surface area is 109 Å². The molecule has 0 aromatic heterocycles. The molecule has 98 valence electrons. The van der Waals surface area contributed by atoms with Gasteiger partial charge in [-0.15, -0.1) is 6.58 Å². The number of hydrogen-bond acceptors (Lipinski definition) is 2. The van der Waals surface area contributed by atoms with Crippen molar-refractivity contribution in [2.75, 3.05) is 11.4 Å². The zero-order chi connectivity index (χ0) is 13.9. The third kappa shape index (κ3) is 3.13. The summed E-state index contributed by atoms with van der Waals surface area (Å²) in [4.78, 5) is 13.2. The van der Waals surface area contributed by atoms with Crippen molar-refractivity contribution < 1.29 is 9.90 Å². The molecule has 1 aromatic carbocycles. The van der Waals surface area contributed by atoms with Gasteiger partial charge >= 0.3 is 5.97 Å². The Morgan fingerprint density at radius 1 is 1.44 bits per heavy atom. The van der Waals surface area contributed by atoms with Gasteiger partial charge in [0, 0.05) is 17.8 Å². The molecule has 0 radical (unpaired) electrons. The maximum absolute atomic E-state index is 11.0. The zero-order valence-corrected chi connectivity index (χ0v) is 11.5. The molecule has 1 aromatic rings. The average molecular weight is 247 g/mol. The topological polar surface area (TPSA) is 40.5 Å². The van der Waals surface area contributed by atoms with E-state index in [0.29, 0.717) is 5.56 Å². The summed E-state index contributed by atoms with van der Waals surface area (Å²) in [6, 6.07) is 5.43. The second-order valence-corrected chi connectivity index (χ2v) is 5.37. The van der Waals surface area contributed by atoms with Gasteiger partial charge in [0.2, 0.25) is 0 Å². The molecule has 0 aliphatic rings. The van der Waals surface area contributed by atoms with Crippen molar-refractivity contribution in [1.82, 2.24) is 0 Å². The maximum Gasteiger partial charge on any atom is 0.335 e. The van der Waals surface area contributed by atoms with Crippen LogP contribution in [0.15, 0.2) is 30.9 Å². The number of aryl methyl sites for hydroxylation is 1. The largest absolute Gasteiger partial charge is 0.478 e. The second-order valence-electron chi connectivity index (χ2n) is 5.37. The van der Waals surface area contributed by atoms with E-state index in [4.69, 9.17) is 5.11 Å². The van der Waals surface area contributed by atoms with Crippen LogP contribution in [-0.2, 0) is 0 Å². The number of carboxylic acids is 1. The van der Waals surface area contributed by atoms with Crippen molar-refractivity contribution in [3.05, 3.63) is 42.0 Å². The van der Waals surface area contributed by atoms with Crippen LogP contribution in [0.4, 0.5) is 5.69 Å². The summed E-state index contributed by atoms with van der Waals surface area (Å²) in [6.45, 7) is 12.7. The number of nitrogens with zero attached hydrogens (tertiary/aromatic N) is 1. The van der Waals surface area contributed by atoms with E-state index in [1.54, 1.807) is 6.07 Å². The minimum absolute atomic E-state index is 0.0363. The Hall–Kier alpha value is -1.77. The van der Waals surface area contributed by atoms with Gasteiger partial charge in [0.1, 0.15) is 0 Å². The summed E-state index contributed by atoms with van der Waals surface area (Å²) in [6.07, 6.45) is 1.85. The van der Waals surface area contributed by atoms with Crippen LogP contribution >= 0.6 is 0 Å². The fourth-order valence-corrected chi connectivity index (χ4v) is 1.95. The van der Waals surface area contributed by atoms with Crippen molar-refractivity contribution in [2.45, 2.75) is 33.2 Å². The van der Waals surface area contributed by atoms with Crippen molar-refractivity contribution in [2.24, 2.45) is 0 Å². The van der Waals surface area contributed by atoms with Crippen LogP contribution in [0.5, 0.6) is 0 Å². The lowest BCUT2D eigenvalue weighted by Crippen LogP contribution is -2.41. The lowest BCUT2D eigenvalue weighted by molar-refractivity contribution is 0.0696. The first-order valence-corrected chi connectivity index (χ1v) is 6.00. The van der Waals surface area contributed by atoms with Crippen molar-refractivity contribution in [1.29, 1.82) is 0 Å². The smallest absolute Gasteiger partial charge is 0.335 e. The number of hydrogen-bond donors (Lipinski definition) is 1. The van der Waals surface area contributed by atoms with Gasteiger partial charge in [-0.3, -0.25) is 0 Å². The van der Waals surface area contributed by atoms with E-state index in [1.165, 1.54) is 0 Å². The first-order valence-electron chi connectivity index (χ1n) is 6.00. The Kier molecular flexibility index (Phi) is 4.17. The van der Waals surface area contributed by atoms with Crippen LogP contribution < -0.4 is 4.90 Å². The molecule has 1 rings (SSSR count). The molecule has 1 N–H and O–H groups in total. The average Bonchev–Trinajstić information content (AvgIpc) is 2.23. The van der Waals surface area contributed by atoms with E-state index >= 15 is 0 Å². The number of rotatable bonds is 4. The van der Waals surface area contributed by atoms with Crippen molar-refractivity contribution in [3.8, 4) is 0 Å². The lowest BCUT2D eigenvalue weighted by Gasteiger charge is -2.37. The summed E-state index contributed by atoms with van der Waals surface area (Å²) >= 11 is 0. The van der Waals surface area contributed by atoms with E-state index in [1.807, 2.05) is 25.1 Å². The minimum atomic E-state index is -0.884. The van der Waals surface area contributed by atoms with Crippen LogP contribution in [0.25, 0.3) is 0 Å². The molecule has 0 saturated heterocycles. The Balaban J connectivity index is 3.19.